The quantitative estimate of drug-likeness (QED) is 0.424. The number of rotatable bonds is 5. The molecule has 3 aromatic carbocycles. The first kappa shape index (κ1) is 21.0. The number of hydrogen-bond donors (Lipinski definition) is 1. The van der Waals surface area contributed by atoms with E-state index in [1.165, 1.54) is 4.90 Å². The summed E-state index contributed by atoms with van der Waals surface area (Å²) < 4.78 is 1.16. The summed E-state index contributed by atoms with van der Waals surface area (Å²) in [6.45, 7) is 1.06. The van der Waals surface area contributed by atoms with Crippen molar-refractivity contribution in [2.75, 3.05) is 13.2 Å². The second-order valence-electron chi connectivity index (χ2n) is 8.78. The van der Waals surface area contributed by atoms with E-state index >= 15 is 0 Å². The number of urea groups is 1. The molecule has 1 unspecified atom stereocenters. The monoisotopic (exact) mass is 468 g/mol. The van der Waals surface area contributed by atoms with Crippen LogP contribution in [0, 0.1) is 0 Å². The molecule has 2 saturated heterocycles. The third-order valence-electron chi connectivity index (χ3n) is 6.80. The molecule has 2 aliphatic heterocycles. The fourth-order valence-corrected chi connectivity index (χ4v) is 6.27. The van der Waals surface area contributed by atoms with Crippen LogP contribution in [-0.4, -0.2) is 39.9 Å². The van der Waals surface area contributed by atoms with E-state index in [1.54, 1.807) is 11.3 Å². The third kappa shape index (κ3) is 3.31. The molecule has 1 aromatic heterocycles. The second-order valence-corrected chi connectivity index (χ2v) is 9.84. The summed E-state index contributed by atoms with van der Waals surface area (Å²) >= 11 is 1.69. The second kappa shape index (κ2) is 8.34. The van der Waals surface area contributed by atoms with Crippen molar-refractivity contribution in [2.45, 2.75) is 24.4 Å². The number of likely N-dealkylation sites (tertiary alicyclic amines) is 1. The molecule has 0 radical (unpaired) electrons. The first-order valence-electron chi connectivity index (χ1n) is 11.5. The summed E-state index contributed by atoms with van der Waals surface area (Å²) in [5, 5.41) is 4.09. The normalized spacial score (nSPS) is 20.2. The molecule has 1 atom stereocenters. The van der Waals surface area contributed by atoms with Crippen LogP contribution < -0.4 is 5.32 Å². The van der Waals surface area contributed by atoms with Crippen molar-refractivity contribution in [3.05, 3.63) is 101 Å². The Morgan fingerprint density at radius 1 is 0.912 bits per heavy atom. The molecule has 4 aromatic rings. The van der Waals surface area contributed by atoms with Crippen molar-refractivity contribution < 1.29 is 9.59 Å². The van der Waals surface area contributed by atoms with Gasteiger partial charge in [-0.15, -0.1) is 11.3 Å². The first-order valence-corrected chi connectivity index (χ1v) is 12.3. The summed E-state index contributed by atoms with van der Waals surface area (Å²) in [5.41, 5.74) is 1.28. The summed E-state index contributed by atoms with van der Waals surface area (Å²) in [4.78, 5) is 35.7. The van der Waals surface area contributed by atoms with Crippen molar-refractivity contribution in [1.29, 1.82) is 0 Å². The average Bonchev–Trinajstić information content (AvgIpc) is 3.58. The molecule has 0 spiro atoms. The Hall–Kier alpha value is -3.55. The number of amides is 3. The number of nitrogens with zero attached hydrogens (tertiary/aromatic N) is 3. The van der Waals surface area contributed by atoms with Gasteiger partial charge in [0.25, 0.3) is 5.91 Å². The molecule has 0 aliphatic carbocycles. The van der Waals surface area contributed by atoms with Gasteiger partial charge >= 0.3 is 6.03 Å². The van der Waals surface area contributed by atoms with Crippen molar-refractivity contribution in [3.63, 3.8) is 0 Å². The fourth-order valence-electron chi connectivity index (χ4n) is 5.13. The molecule has 0 bridgehead atoms. The highest BCUT2D eigenvalue weighted by Crippen LogP contribution is 2.39. The Kier molecular flexibility index (Phi) is 5.16. The summed E-state index contributed by atoms with van der Waals surface area (Å²) in [6.07, 6.45) is 1.97. The van der Waals surface area contributed by atoms with E-state index in [-0.39, 0.29) is 24.6 Å². The van der Waals surface area contributed by atoms with Gasteiger partial charge in [-0.1, -0.05) is 72.8 Å². The smallest absolute Gasteiger partial charge is 0.315 e. The van der Waals surface area contributed by atoms with Crippen LogP contribution in [0.3, 0.4) is 0 Å². The average molecular weight is 469 g/mol. The number of imide groups is 1. The van der Waals surface area contributed by atoms with Crippen molar-refractivity contribution in [1.82, 2.24) is 20.1 Å². The van der Waals surface area contributed by atoms with Crippen LogP contribution >= 0.6 is 11.3 Å². The van der Waals surface area contributed by atoms with E-state index in [4.69, 9.17) is 4.98 Å². The van der Waals surface area contributed by atoms with Gasteiger partial charge in [0.05, 0.1) is 22.9 Å². The lowest BCUT2D eigenvalue weighted by Crippen LogP contribution is -2.46. The molecule has 34 heavy (non-hydrogen) atoms. The Labute approximate surface area is 201 Å². The van der Waals surface area contributed by atoms with Gasteiger partial charge in [-0.25, -0.2) is 14.7 Å². The minimum absolute atomic E-state index is 0.0986. The zero-order valence-corrected chi connectivity index (χ0v) is 19.4. The number of nitrogens with one attached hydrogen (secondary N) is 1. The molecule has 2 aliphatic rings. The van der Waals surface area contributed by atoms with Crippen molar-refractivity contribution >= 4 is 33.5 Å². The van der Waals surface area contributed by atoms with E-state index in [0.29, 0.717) is 0 Å². The Balaban J connectivity index is 1.33. The number of carbonyl (C=O) groups is 2. The summed E-state index contributed by atoms with van der Waals surface area (Å²) in [6, 6.07) is 26.9. The van der Waals surface area contributed by atoms with Crippen LogP contribution in [0.4, 0.5) is 4.79 Å². The van der Waals surface area contributed by atoms with Gasteiger partial charge in [0, 0.05) is 6.54 Å². The maximum atomic E-state index is 14.0. The predicted octanol–water partition coefficient (Wildman–Crippen LogP) is 4.89. The fraction of sp³-hybridized carbons (Fsp3) is 0.222. The van der Waals surface area contributed by atoms with Crippen LogP contribution in [0.1, 0.15) is 35.0 Å². The SMILES string of the molecule is O=C1NC(c2ccccc2)(c2ccccc2)C(=O)N1CN1CCCC1c1nc2ccccc2s1. The maximum absolute atomic E-state index is 14.0. The molecule has 170 valence electrons. The Morgan fingerprint density at radius 2 is 1.56 bits per heavy atom. The minimum Gasteiger partial charge on any atom is -0.315 e. The number of fused-ring (bicyclic) bond motifs is 1. The Bertz CT molecular complexity index is 1280. The minimum atomic E-state index is -1.23. The summed E-state index contributed by atoms with van der Waals surface area (Å²) in [5.74, 6) is -0.246. The van der Waals surface area contributed by atoms with Crippen LogP contribution in [-0.2, 0) is 10.3 Å². The number of carbonyl (C=O) groups excluding carboxylic acids is 2. The van der Waals surface area contributed by atoms with E-state index in [1.807, 2.05) is 78.9 Å². The number of thiazole rings is 1. The standard InChI is InChI=1S/C27H24N4O2S/c32-25-27(19-10-3-1-4-11-19,20-12-5-2-6-13-20)29-26(33)31(25)18-30-17-9-15-22(30)24-28-21-14-7-8-16-23(21)34-24/h1-8,10-14,16,22H,9,15,17-18H2,(H,29,33). The van der Waals surface area contributed by atoms with E-state index < -0.39 is 5.54 Å². The number of benzene rings is 3. The predicted molar refractivity (Wildman–Crippen MR) is 132 cm³/mol. The van der Waals surface area contributed by atoms with Crippen LogP contribution in [0.2, 0.25) is 0 Å². The lowest BCUT2D eigenvalue weighted by molar-refractivity contribution is -0.131. The topological polar surface area (TPSA) is 65.5 Å². The van der Waals surface area contributed by atoms with Gasteiger partial charge in [0.15, 0.2) is 5.54 Å². The van der Waals surface area contributed by atoms with Gasteiger partial charge in [-0.05, 0) is 36.1 Å². The van der Waals surface area contributed by atoms with E-state index in [2.05, 4.69) is 16.3 Å². The molecule has 2 fully saturated rings. The largest absolute Gasteiger partial charge is 0.326 e. The molecular formula is C27H24N4O2S. The van der Waals surface area contributed by atoms with E-state index in [9.17, 15) is 9.59 Å². The lowest BCUT2D eigenvalue weighted by Gasteiger charge is -2.30. The zero-order chi connectivity index (χ0) is 23.1. The highest BCUT2D eigenvalue weighted by atomic mass is 32.1. The zero-order valence-electron chi connectivity index (χ0n) is 18.6. The van der Waals surface area contributed by atoms with E-state index in [0.717, 1.165) is 45.7 Å². The molecule has 6 nitrogen and oxygen atoms in total. The first-order chi connectivity index (χ1) is 16.7. The van der Waals surface area contributed by atoms with Crippen LogP contribution in [0.25, 0.3) is 10.2 Å². The third-order valence-corrected chi connectivity index (χ3v) is 7.94. The highest BCUT2D eigenvalue weighted by molar-refractivity contribution is 7.18. The molecule has 0 saturated carbocycles. The molecule has 1 N–H and O–H groups in total. The van der Waals surface area contributed by atoms with Gasteiger partial charge < -0.3 is 5.32 Å². The number of hydrogen-bond acceptors (Lipinski definition) is 5. The summed E-state index contributed by atoms with van der Waals surface area (Å²) in [7, 11) is 0. The molecule has 3 amide bonds. The molecule has 3 heterocycles. The van der Waals surface area contributed by atoms with Crippen molar-refractivity contribution in [2.24, 2.45) is 0 Å². The van der Waals surface area contributed by atoms with Gasteiger partial charge in [-0.3, -0.25) is 9.69 Å². The number of aromatic nitrogens is 1. The maximum Gasteiger partial charge on any atom is 0.326 e. The molecule has 7 heteroatoms. The van der Waals surface area contributed by atoms with Gasteiger partial charge in [0.1, 0.15) is 5.01 Å². The molecule has 6 rings (SSSR count). The Morgan fingerprint density at radius 3 is 2.24 bits per heavy atom. The highest BCUT2D eigenvalue weighted by Gasteiger charge is 2.54. The molecular weight excluding hydrogens is 444 g/mol. The lowest BCUT2D eigenvalue weighted by atomic mass is 9.83. The number of para-hydroxylation sites is 1. The van der Waals surface area contributed by atoms with Gasteiger partial charge in [0.2, 0.25) is 0 Å². The van der Waals surface area contributed by atoms with Crippen molar-refractivity contribution in [3.8, 4) is 0 Å². The van der Waals surface area contributed by atoms with Crippen LogP contribution in [0.15, 0.2) is 84.9 Å². The van der Waals surface area contributed by atoms with Gasteiger partial charge in [-0.2, -0.15) is 0 Å². The van der Waals surface area contributed by atoms with Crippen LogP contribution in [0.5, 0.6) is 0 Å².